The molecule has 0 radical (unpaired) electrons. The molecule has 0 fully saturated rings. The maximum absolute atomic E-state index is 12.5. The van der Waals surface area contributed by atoms with Gasteiger partial charge in [0.05, 0.1) is 19.7 Å². The first-order valence-electron chi connectivity index (χ1n) is 8.46. The third-order valence-corrected chi connectivity index (χ3v) is 3.22. The topological polar surface area (TPSA) is 99.2 Å². The van der Waals surface area contributed by atoms with Gasteiger partial charge in [0.15, 0.2) is 0 Å². The molecule has 0 spiro atoms. The Bertz CT molecular complexity index is 540. The SMILES string of the molecule is C=CC(=O)OCCCC(=O)N(CC(C)OC(=O)C=C)CC(C)OC(=O)C=C. The molecule has 0 rings (SSSR count). The Hall–Kier alpha value is -2.90. The second-order valence-corrected chi connectivity index (χ2v) is 5.68. The van der Waals surface area contributed by atoms with Gasteiger partial charge in [0.1, 0.15) is 12.2 Å². The highest BCUT2D eigenvalue weighted by Crippen LogP contribution is 2.07. The number of esters is 3. The zero-order valence-corrected chi connectivity index (χ0v) is 15.8. The first-order valence-corrected chi connectivity index (χ1v) is 8.46. The molecule has 8 nitrogen and oxygen atoms in total. The molecule has 8 heteroatoms. The molecule has 0 bridgehead atoms. The number of amides is 1. The van der Waals surface area contributed by atoms with Crippen LogP contribution in [0.4, 0.5) is 0 Å². The Balaban J connectivity index is 4.79. The number of carbonyl (C=O) groups is 4. The minimum absolute atomic E-state index is 0.0758. The molecule has 27 heavy (non-hydrogen) atoms. The number of carbonyl (C=O) groups excluding carboxylic acids is 4. The lowest BCUT2D eigenvalue weighted by Crippen LogP contribution is -2.42. The van der Waals surface area contributed by atoms with Crippen LogP contribution < -0.4 is 0 Å². The molecule has 0 heterocycles. The lowest BCUT2D eigenvalue weighted by molar-refractivity contribution is -0.149. The molecule has 0 aromatic rings. The van der Waals surface area contributed by atoms with Crippen molar-refractivity contribution in [1.29, 1.82) is 0 Å². The van der Waals surface area contributed by atoms with Crippen LogP contribution in [0.1, 0.15) is 26.7 Å². The first-order chi connectivity index (χ1) is 12.7. The summed E-state index contributed by atoms with van der Waals surface area (Å²) in [5.41, 5.74) is 0. The van der Waals surface area contributed by atoms with Gasteiger partial charge in [0.2, 0.25) is 5.91 Å². The molecule has 0 aromatic heterocycles. The zero-order chi connectivity index (χ0) is 20.8. The normalized spacial score (nSPS) is 12.1. The van der Waals surface area contributed by atoms with Crippen molar-refractivity contribution in [2.24, 2.45) is 0 Å². The van der Waals surface area contributed by atoms with Crippen molar-refractivity contribution < 1.29 is 33.4 Å². The lowest BCUT2D eigenvalue weighted by atomic mass is 10.2. The van der Waals surface area contributed by atoms with Crippen LogP contribution in [-0.2, 0) is 33.4 Å². The average molecular weight is 381 g/mol. The summed E-state index contributed by atoms with van der Waals surface area (Å²) in [5.74, 6) is -2.02. The van der Waals surface area contributed by atoms with E-state index in [2.05, 4.69) is 19.7 Å². The molecule has 150 valence electrons. The van der Waals surface area contributed by atoms with E-state index in [1.165, 1.54) is 4.90 Å². The summed E-state index contributed by atoms with van der Waals surface area (Å²) in [6.45, 7) is 13.5. The highest BCUT2D eigenvalue weighted by Gasteiger charge is 2.21. The van der Waals surface area contributed by atoms with E-state index in [1.807, 2.05) is 0 Å². The minimum atomic E-state index is -0.600. The lowest BCUT2D eigenvalue weighted by Gasteiger charge is -2.28. The minimum Gasteiger partial charge on any atom is -0.463 e. The maximum Gasteiger partial charge on any atom is 0.330 e. The van der Waals surface area contributed by atoms with Crippen molar-refractivity contribution in [3.8, 4) is 0 Å². The van der Waals surface area contributed by atoms with Gasteiger partial charge in [-0.3, -0.25) is 4.79 Å². The van der Waals surface area contributed by atoms with Gasteiger partial charge in [-0.15, -0.1) is 0 Å². The van der Waals surface area contributed by atoms with Crippen LogP contribution in [0.3, 0.4) is 0 Å². The maximum atomic E-state index is 12.5. The molecular formula is C19H27NO7. The Morgan fingerprint density at radius 1 is 0.852 bits per heavy atom. The van der Waals surface area contributed by atoms with Gasteiger partial charge in [0, 0.05) is 24.6 Å². The van der Waals surface area contributed by atoms with Crippen molar-refractivity contribution in [3.05, 3.63) is 38.0 Å². The van der Waals surface area contributed by atoms with Crippen molar-refractivity contribution in [2.75, 3.05) is 19.7 Å². The van der Waals surface area contributed by atoms with E-state index in [4.69, 9.17) is 14.2 Å². The molecule has 1 amide bonds. The highest BCUT2D eigenvalue weighted by molar-refractivity contribution is 5.82. The van der Waals surface area contributed by atoms with Crippen molar-refractivity contribution in [1.82, 2.24) is 4.90 Å². The number of ether oxygens (including phenoxy) is 3. The molecular weight excluding hydrogens is 354 g/mol. The van der Waals surface area contributed by atoms with Crippen molar-refractivity contribution >= 4 is 23.8 Å². The van der Waals surface area contributed by atoms with E-state index in [-0.39, 0.29) is 32.0 Å². The van der Waals surface area contributed by atoms with Gasteiger partial charge in [-0.1, -0.05) is 19.7 Å². The molecule has 2 unspecified atom stereocenters. The molecule has 0 N–H and O–H groups in total. The quantitative estimate of drug-likeness (QED) is 0.207. The summed E-state index contributed by atoms with van der Waals surface area (Å²) >= 11 is 0. The summed E-state index contributed by atoms with van der Waals surface area (Å²) in [6.07, 6.45) is 2.36. The molecule has 2 atom stereocenters. The predicted octanol–water partition coefficient (Wildman–Crippen LogP) is 1.56. The molecule has 0 saturated carbocycles. The highest BCUT2D eigenvalue weighted by atomic mass is 16.5. The number of hydrogen-bond donors (Lipinski definition) is 0. The van der Waals surface area contributed by atoms with Crippen molar-refractivity contribution in [2.45, 2.75) is 38.9 Å². The smallest absolute Gasteiger partial charge is 0.330 e. The standard InChI is InChI=1S/C19H27NO7/c1-6-17(22)25-11-9-10-16(21)20(12-14(4)26-18(23)7-2)13-15(5)27-19(24)8-3/h6-8,14-15H,1-3,9-13H2,4-5H3. The largest absolute Gasteiger partial charge is 0.463 e. The van der Waals surface area contributed by atoms with Crippen LogP contribution in [0.25, 0.3) is 0 Å². The van der Waals surface area contributed by atoms with E-state index in [1.54, 1.807) is 13.8 Å². The molecule has 0 aliphatic carbocycles. The van der Waals surface area contributed by atoms with Crippen LogP contribution in [0.2, 0.25) is 0 Å². The van der Waals surface area contributed by atoms with Crippen molar-refractivity contribution in [3.63, 3.8) is 0 Å². The van der Waals surface area contributed by atoms with Crippen LogP contribution in [0.15, 0.2) is 38.0 Å². The average Bonchev–Trinajstić information content (AvgIpc) is 2.63. The second kappa shape index (κ2) is 13.3. The summed E-state index contributed by atoms with van der Waals surface area (Å²) in [4.78, 5) is 47.5. The molecule has 0 saturated heterocycles. The monoisotopic (exact) mass is 381 g/mol. The number of rotatable bonds is 13. The van der Waals surface area contributed by atoms with E-state index >= 15 is 0 Å². The van der Waals surface area contributed by atoms with Gasteiger partial charge < -0.3 is 19.1 Å². The molecule has 0 aliphatic heterocycles. The second-order valence-electron chi connectivity index (χ2n) is 5.68. The number of hydrogen-bond acceptors (Lipinski definition) is 7. The third-order valence-electron chi connectivity index (χ3n) is 3.22. The Morgan fingerprint density at radius 3 is 1.70 bits per heavy atom. The Labute approximate surface area is 159 Å². The zero-order valence-electron chi connectivity index (χ0n) is 15.8. The third kappa shape index (κ3) is 11.4. The number of nitrogens with zero attached hydrogens (tertiary/aromatic N) is 1. The van der Waals surface area contributed by atoms with Crippen LogP contribution >= 0.6 is 0 Å². The summed E-state index contributed by atoms with van der Waals surface area (Å²) in [5, 5.41) is 0. The first kappa shape index (κ1) is 24.1. The van der Waals surface area contributed by atoms with Crippen LogP contribution in [-0.4, -0.2) is 60.6 Å². The van der Waals surface area contributed by atoms with Crippen LogP contribution in [0, 0.1) is 0 Å². The summed E-state index contributed by atoms with van der Waals surface area (Å²) in [6, 6.07) is 0. The van der Waals surface area contributed by atoms with Gasteiger partial charge in [-0.05, 0) is 20.3 Å². The van der Waals surface area contributed by atoms with E-state index in [0.717, 1.165) is 18.2 Å². The van der Waals surface area contributed by atoms with Gasteiger partial charge >= 0.3 is 17.9 Å². The molecule has 0 aliphatic rings. The molecule has 0 aromatic carbocycles. The van der Waals surface area contributed by atoms with E-state index < -0.39 is 30.1 Å². The fourth-order valence-corrected chi connectivity index (χ4v) is 2.08. The fourth-order valence-electron chi connectivity index (χ4n) is 2.08. The van der Waals surface area contributed by atoms with Gasteiger partial charge in [-0.2, -0.15) is 0 Å². The summed E-state index contributed by atoms with van der Waals surface area (Å²) < 4.78 is 15.0. The predicted molar refractivity (Wildman–Crippen MR) is 98.5 cm³/mol. The Morgan fingerprint density at radius 2 is 1.30 bits per heavy atom. The van der Waals surface area contributed by atoms with E-state index in [9.17, 15) is 19.2 Å². The van der Waals surface area contributed by atoms with Crippen LogP contribution in [0.5, 0.6) is 0 Å². The van der Waals surface area contributed by atoms with E-state index in [0.29, 0.717) is 6.42 Å². The fraction of sp³-hybridized carbons (Fsp3) is 0.474. The summed E-state index contributed by atoms with van der Waals surface area (Å²) in [7, 11) is 0. The Kier molecular flexibility index (Phi) is 11.9. The van der Waals surface area contributed by atoms with Gasteiger partial charge in [-0.25, -0.2) is 14.4 Å². The van der Waals surface area contributed by atoms with Gasteiger partial charge in [0.25, 0.3) is 0 Å².